The molecule has 4 aromatic rings. The fourth-order valence-electron chi connectivity index (χ4n) is 4.61. The highest BCUT2D eigenvalue weighted by Gasteiger charge is 2.37. The first kappa shape index (κ1) is 22.6. The van der Waals surface area contributed by atoms with Crippen LogP contribution < -0.4 is 5.73 Å². The van der Waals surface area contributed by atoms with Crippen molar-refractivity contribution in [2.24, 2.45) is 11.7 Å². The van der Waals surface area contributed by atoms with Gasteiger partial charge in [0.25, 0.3) is 0 Å². The Bertz CT molecular complexity index is 1310. The number of nitrogens with two attached hydrogens (primary N) is 1. The van der Waals surface area contributed by atoms with Gasteiger partial charge in [-0.2, -0.15) is 5.10 Å². The molecule has 1 aliphatic carbocycles. The minimum absolute atomic E-state index is 0.132. The number of alkyl halides is 4. The monoisotopic (exact) mass is 479 g/mol. The van der Waals surface area contributed by atoms with Crippen LogP contribution in [0.25, 0.3) is 11.3 Å². The third kappa shape index (κ3) is 4.33. The number of hydrogen-bond acceptors (Lipinski definition) is 5. The number of aromatic nitrogens is 6. The van der Waals surface area contributed by atoms with E-state index in [1.807, 2.05) is 0 Å². The van der Waals surface area contributed by atoms with E-state index in [0.29, 0.717) is 35.4 Å². The molecule has 1 fully saturated rings. The first-order valence-corrected chi connectivity index (χ1v) is 11.0. The summed E-state index contributed by atoms with van der Waals surface area (Å²) in [4.78, 5) is 4.50. The molecule has 4 aromatic heterocycles. The molecule has 0 amide bonds. The van der Waals surface area contributed by atoms with Crippen LogP contribution in [-0.2, 0) is 0 Å². The Kier molecular flexibility index (Phi) is 5.70. The summed E-state index contributed by atoms with van der Waals surface area (Å²) in [6, 6.07) is 3.69. The second-order valence-corrected chi connectivity index (χ2v) is 8.79. The lowest BCUT2D eigenvalue weighted by atomic mass is 9.81. The van der Waals surface area contributed by atoms with Gasteiger partial charge in [-0.1, -0.05) is 0 Å². The second kappa shape index (κ2) is 8.57. The number of nitrogens with zero attached hydrogens (tertiary/aromatic N) is 6. The van der Waals surface area contributed by atoms with Crippen LogP contribution in [0.3, 0.4) is 0 Å². The smallest absolute Gasteiger partial charge is 0.248 e. The van der Waals surface area contributed by atoms with Crippen LogP contribution in [0.4, 0.5) is 22.0 Å². The van der Waals surface area contributed by atoms with Crippen molar-refractivity contribution in [3.63, 3.8) is 0 Å². The topological polar surface area (TPSA) is 86.4 Å². The molecule has 180 valence electrons. The molecule has 2 N–H and O–H groups in total. The van der Waals surface area contributed by atoms with Crippen LogP contribution in [0, 0.1) is 11.7 Å². The standard InChI is InChI=1S/C22H22F5N7/c23-14-1-2-18-31-32-21(33(18)10-14)15(8-17(24)25)13-7-19-30-16(11-34(19)29-9-13)20(28)12-3-5-22(26,27)6-4-12/h1-2,7,9-12,15,17,20H,3-6,8,28H2. The Morgan fingerprint density at radius 1 is 1.09 bits per heavy atom. The Balaban J connectivity index is 1.47. The molecule has 34 heavy (non-hydrogen) atoms. The van der Waals surface area contributed by atoms with Crippen LogP contribution in [-0.4, -0.2) is 41.5 Å². The number of halogens is 5. The molecule has 1 aliphatic rings. The van der Waals surface area contributed by atoms with E-state index in [1.165, 1.54) is 27.2 Å². The lowest BCUT2D eigenvalue weighted by molar-refractivity contribution is -0.0484. The minimum atomic E-state index is -2.66. The van der Waals surface area contributed by atoms with Crippen molar-refractivity contribution in [2.75, 3.05) is 0 Å². The van der Waals surface area contributed by atoms with E-state index in [2.05, 4.69) is 20.3 Å². The number of fused-ring (bicyclic) bond motifs is 2. The van der Waals surface area contributed by atoms with Gasteiger partial charge in [0.2, 0.25) is 12.3 Å². The van der Waals surface area contributed by atoms with Gasteiger partial charge in [0.15, 0.2) is 11.3 Å². The molecule has 0 saturated heterocycles. The van der Waals surface area contributed by atoms with Crippen molar-refractivity contribution >= 4 is 11.3 Å². The van der Waals surface area contributed by atoms with Crippen LogP contribution in [0.2, 0.25) is 0 Å². The second-order valence-electron chi connectivity index (χ2n) is 8.79. The highest BCUT2D eigenvalue weighted by atomic mass is 19.3. The minimum Gasteiger partial charge on any atom is -0.322 e. The van der Waals surface area contributed by atoms with Crippen molar-refractivity contribution in [3.05, 3.63) is 59.7 Å². The maximum absolute atomic E-state index is 13.8. The lowest BCUT2D eigenvalue weighted by Gasteiger charge is -2.31. The average Bonchev–Trinajstić information content (AvgIpc) is 3.40. The van der Waals surface area contributed by atoms with E-state index in [4.69, 9.17) is 5.73 Å². The van der Waals surface area contributed by atoms with Crippen LogP contribution in [0.15, 0.2) is 36.8 Å². The van der Waals surface area contributed by atoms with Gasteiger partial charge in [-0.3, -0.25) is 4.40 Å². The molecular formula is C22H22F5N7. The van der Waals surface area contributed by atoms with Crippen LogP contribution in [0.5, 0.6) is 0 Å². The summed E-state index contributed by atoms with van der Waals surface area (Å²) in [6.07, 6.45) is 1.16. The maximum atomic E-state index is 13.8. The molecule has 5 rings (SSSR count). The molecule has 7 nitrogen and oxygen atoms in total. The SMILES string of the molecule is NC(c1cn2ncc(C(CC(F)F)c3nnc4ccc(F)cn34)cc2n1)C1CCC(F)(F)CC1. The summed E-state index contributed by atoms with van der Waals surface area (Å²) >= 11 is 0. The third-order valence-corrected chi connectivity index (χ3v) is 6.49. The number of pyridine rings is 1. The van der Waals surface area contributed by atoms with E-state index in [-0.39, 0.29) is 24.6 Å². The van der Waals surface area contributed by atoms with Crippen molar-refractivity contribution < 1.29 is 22.0 Å². The van der Waals surface area contributed by atoms with E-state index in [9.17, 15) is 22.0 Å². The fraction of sp³-hybridized carbons (Fsp3) is 0.455. The van der Waals surface area contributed by atoms with Crippen molar-refractivity contribution in [1.82, 2.24) is 29.2 Å². The molecule has 2 atom stereocenters. The van der Waals surface area contributed by atoms with Gasteiger partial charge >= 0.3 is 0 Å². The van der Waals surface area contributed by atoms with Gasteiger partial charge in [-0.05, 0) is 42.5 Å². The molecular weight excluding hydrogens is 457 g/mol. The number of rotatable bonds is 6. The lowest BCUT2D eigenvalue weighted by Crippen LogP contribution is -2.31. The zero-order valence-corrected chi connectivity index (χ0v) is 18.0. The van der Waals surface area contributed by atoms with Crippen molar-refractivity contribution in [3.8, 4) is 0 Å². The molecule has 4 heterocycles. The molecule has 1 saturated carbocycles. The number of imidazole rings is 1. The highest BCUT2D eigenvalue weighted by molar-refractivity contribution is 5.45. The summed E-state index contributed by atoms with van der Waals surface area (Å²) in [5, 5.41) is 12.3. The maximum Gasteiger partial charge on any atom is 0.248 e. The summed E-state index contributed by atoms with van der Waals surface area (Å²) < 4.78 is 70.6. The van der Waals surface area contributed by atoms with Gasteiger partial charge in [0.05, 0.1) is 30.0 Å². The van der Waals surface area contributed by atoms with Crippen molar-refractivity contribution in [2.45, 2.75) is 56.4 Å². The van der Waals surface area contributed by atoms with Gasteiger partial charge in [-0.25, -0.2) is 31.5 Å². The van der Waals surface area contributed by atoms with Gasteiger partial charge in [0, 0.05) is 25.5 Å². The molecule has 0 aromatic carbocycles. The van der Waals surface area contributed by atoms with Gasteiger partial charge in [-0.15, -0.1) is 10.2 Å². The molecule has 12 heteroatoms. The molecule has 0 radical (unpaired) electrons. The van der Waals surface area contributed by atoms with Gasteiger partial charge in [0.1, 0.15) is 11.6 Å². The van der Waals surface area contributed by atoms with Crippen LogP contribution in [0.1, 0.15) is 61.1 Å². The normalized spacial score (nSPS) is 18.7. The fourth-order valence-corrected chi connectivity index (χ4v) is 4.61. The molecule has 0 spiro atoms. The summed E-state index contributed by atoms with van der Waals surface area (Å²) in [5.41, 5.74) is 7.95. The van der Waals surface area contributed by atoms with Gasteiger partial charge < -0.3 is 5.73 Å². The zero-order valence-electron chi connectivity index (χ0n) is 18.0. The zero-order chi connectivity index (χ0) is 24.0. The first-order chi connectivity index (χ1) is 16.2. The quantitative estimate of drug-likeness (QED) is 0.411. The Labute approximate surface area is 190 Å². The summed E-state index contributed by atoms with van der Waals surface area (Å²) in [6.45, 7) is 0. The van der Waals surface area contributed by atoms with Crippen molar-refractivity contribution in [1.29, 1.82) is 0 Å². The predicted molar refractivity (Wildman–Crippen MR) is 112 cm³/mol. The first-order valence-electron chi connectivity index (χ1n) is 11.0. The van der Waals surface area contributed by atoms with E-state index >= 15 is 0 Å². The highest BCUT2D eigenvalue weighted by Crippen LogP contribution is 2.40. The Hall–Kier alpha value is -3.15. The summed E-state index contributed by atoms with van der Waals surface area (Å²) in [7, 11) is 0. The molecule has 0 aliphatic heterocycles. The predicted octanol–water partition coefficient (Wildman–Crippen LogP) is 4.52. The Morgan fingerprint density at radius 2 is 1.85 bits per heavy atom. The van der Waals surface area contributed by atoms with E-state index in [1.54, 1.807) is 12.3 Å². The Morgan fingerprint density at radius 3 is 2.59 bits per heavy atom. The van der Waals surface area contributed by atoms with E-state index < -0.39 is 36.5 Å². The molecule has 0 bridgehead atoms. The number of hydrogen-bond donors (Lipinski definition) is 1. The molecule has 2 unspecified atom stereocenters. The van der Waals surface area contributed by atoms with E-state index in [0.717, 1.165) is 6.20 Å². The van der Waals surface area contributed by atoms with Crippen LogP contribution >= 0.6 is 0 Å². The summed E-state index contributed by atoms with van der Waals surface area (Å²) in [5.74, 6) is -4.09. The largest absolute Gasteiger partial charge is 0.322 e. The average molecular weight is 479 g/mol. The third-order valence-electron chi connectivity index (χ3n) is 6.49.